The zero-order chi connectivity index (χ0) is 13.0. The third-order valence-electron chi connectivity index (χ3n) is 2.73. The van der Waals surface area contributed by atoms with Gasteiger partial charge in [-0.2, -0.15) is 0 Å². The molecule has 0 amide bonds. The molecule has 0 rings (SSSR count). The Labute approximate surface area is 104 Å². The number of hydrogen-bond acceptors (Lipinski definition) is 5. The van der Waals surface area contributed by atoms with Crippen LogP contribution in [0, 0.1) is 0 Å². The average molecular weight is 249 g/mol. The Morgan fingerprint density at radius 1 is 1.06 bits per heavy atom. The van der Waals surface area contributed by atoms with E-state index in [0.29, 0.717) is 33.0 Å². The van der Waals surface area contributed by atoms with Gasteiger partial charge in [0.2, 0.25) is 0 Å². The summed E-state index contributed by atoms with van der Waals surface area (Å²) in [4.78, 5) is 0. The molecule has 0 fully saturated rings. The van der Waals surface area contributed by atoms with Gasteiger partial charge in [0.25, 0.3) is 0 Å². The maximum Gasteiger partial charge on any atom is 0.0701 e. The molecule has 2 N–H and O–H groups in total. The summed E-state index contributed by atoms with van der Waals surface area (Å²) < 4.78 is 15.5. The van der Waals surface area contributed by atoms with E-state index < -0.39 is 0 Å². The molecule has 0 saturated carbocycles. The van der Waals surface area contributed by atoms with E-state index in [9.17, 15) is 5.11 Å². The minimum Gasteiger partial charge on any atom is -0.394 e. The molecule has 0 aromatic heterocycles. The summed E-state index contributed by atoms with van der Waals surface area (Å²) in [6.07, 6.45) is 0.892. The van der Waals surface area contributed by atoms with E-state index in [1.807, 2.05) is 13.8 Å². The molecule has 0 aromatic carbocycles. The second-order valence-corrected chi connectivity index (χ2v) is 4.22. The van der Waals surface area contributed by atoms with Gasteiger partial charge < -0.3 is 24.6 Å². The highest BCUT2D eigenvalue weighted by molar-refractivity contribution is 4.79. The zero-order valence-corrected chi connectivity index (χ0v) is 11.3. The fraction of sp³-hybridized carbons (Fsp3) is 1.00. The molecule has 0 saturated heterocycles. The lowest BCUT2D eigenvalue weighted by Gasteiger charge is -2.27. The molecule has 0 aliphatic rings. The van der Waals surface area contributed by atoms with E-state index in [-0.39, 0.29) is 12.1 Å². The minimum atomic E-state index is -0.196. The highest BCUT2D eigenvalue weighted by Crippen LogP contribution is 2.06. The maximum atomic E-state index is 9.17. The average Bonchev–Trinajstić information content (AvgIpc) is 2.36. The van der Waals surface area contributed by atoms with Crippen LogP contribution in [0.4, 0.5) is 0 Å². The number of rotatable bonds is 12. The maximum absolute atomic E-state index is 9.17. The number of hydrogen-bond donors (Lipinski definition) is 2. The predicted molar refractivity (Wildman–Crippen MR) is 67.3 cm³/mol. The number of aliphatic hydroxyl groups is 1. The van der Waals surface area contributed by atoms with E-state index >= 15 is 0 Å². The van der Waals surface area contributed by atoms with Crippen LogP contribution in [0.15, 0.2) is 0 Å². The molecule has 0 bridgehead atoms. The molecule has 0 radical (unpaired) electrons. The lowest BCUT2D eigenvalue weighted by Crippen LogP contribution is -2.46. The Morgan fingerprint density at radius 3 is 2.18 bits per heavy atom. The summed E-state index contributed by atoms with van der Waals surface area (Å²) in [5.74, 6) is 0. The molecule has 0 aromatic rings. The number of nitrogens with one attached hydrogen (secondary N) is 1. The lowest BCUT2D eigenvalue weighted by molar-refractivity contribution is 0.0237. The largest absolute Gasteiger partial charge is 0.394 e. The Bertz CT molecular complexity index is 163. The van der Waals surface area contributed by atoms with Crippen LogP contribution < -0.4 is 5.32 Å². The summed E-state index contributed by atoms with van der Waals surface area (Å²) in [6.45, 7) is 7.97. The van der Waals surface area contributed by atoms with Gasteiger partial charge in [-0.3, -0.25) is 0 Å². The molecule has 104 valence electrons. The van der Waals surface area contributed by atoms with Crippen molar-refractivity contribution in [2.45, 2.75) is 25.8 Å². The summed E-state index contributed by atoms with van der Waals surface area (Å²) >= 11 is 0. The monoisotopic (exact) mass is 249 g/mol. The highest BCUT2D eigenvalue weighted by atomic mass is 16.5. The quantitative estimate of drug-likeness (QED) is 0.491. The Balaban J connectivity index is 3.23. The van der Waals surface area contributed by atoms with Crippen LogP contribution in [0.5, 0.6) is 0 Å². The van der Waals surface area contributed by atoms with Crippen LogP contribution in [-0.2, 0) is 14.2 Å². The fourth-order valence-corrected chi connectivity index (χ4v) is 1.18. The Kier molecular flexibility index (Phi) is 10.8. The first-order valence-corrected chi connectivity index (χ1v) is 6.19. The standard InChI is InChI=1S/C12H27NO4/c1-4-12(2,11-14)13-5-6-16-9-10-17-8-7-15-3/h13-14H,4-11H2,1-3H3. The van der Waals surface area contributed by atoms with Crippen molar-refractivity contribution in [3.63, 3.8) is 0 Å². The Morgan fingerprint density at radius 2 is 1.65 bits per heavy atom. The van der Waals surface area contributed by atoms with E-state index in [4.69, 9.17) is 14.2 Å². The molecule has 0 spiro atoms. The van der Waals surface area contributed by atoms with Crippen molar-refractivity contribution >= 4 is 0 Å². The normalized spacial score (nSPS) is 14.8. The van der Waals surface area contributed by atoms with Crippen molar-refractivity contribution < 1.29 is 19.3 Å². The first kappa shape index (κ1) is 16.8. The van der Waals surface area contributed by atoms with Crippen LogP contribution in [0.25, 0.3) is 0 Å². The summed E-state index contributed by atoms with van der Waals surface area (Å²) in [5, 5.41) is 12.4. The third kappa shape index (κ3) is 9.50. The molecule has 1 unspecified atom stereocenters. The van der Waals surface area contributed by atoms with Crippen molar-refractivity contribution in [3.05, 3.63) is 0 Å². The third-order valence-corrected chi connectivity index (χ3v) is 2.73. The highest BCUT2D eigenvalue weighted by Gasteiger charge is 2.18. The zero-order valence-electron chi connectivity index (χ0n) is 11.3. The molecule has 0 aliphatic heterocycles. The smallest absolute Gasteiger partial charge is 0.0701 e. The van der Waals surface area contributed by atoms with E-state index in [1.54, 1.807) is 7.11 Å². The SMILES string of the molecule is CCC(C)(CO)NCCOCCOCCOC. The van der Waals surface area contributed by atoms with Gasteiger partial charge in [-0.05, 0) is 13.3 Å². The van der Waals surface area contributed by atoms with Gasteiger partial charge in [0, 0.05) is 19.2 Å². The summed E-state index contributed by atoms with van der Waals surface area (Å²) in [7, 11) is 1.65. The van der Waals surface area contributed by atoms with Gasteiger partial charge >= 0.3 is 0 Å². The second-order valence-electron chi connectivity index (χ2n) is 4.22. The molecule has 5 nitrogen and oxygen atoms in total. The first-order chi connectivity index (χ1) is 8.18. The summed E-state index contributed by atoms with van der Waals surface area (Å²) in [6, 6.07) is 0. The van der Waals surface area contributed by atoms with Crippen molar-refractivity contribution in [1.82, 2.24) is 5.32 Å². The van der Waals surface area contributed by atoms with Crippen molar-refractivity contribution in [1.29, 1.82) is 0 Å². The molecular formula is C12H27NO4. The van der Waals surface area contributed by atoms with Crippen LogP contribution in [0.3, 0.4) is 0 Å². The van der Waals surface area contributed by atoms with Gasteiger partial charge in [-0.15, -0.1) is 0 Å². The lowest BCUT2D eigenvalue weighted by atomic mass is 10.0. The van der Waals surface area contributed by atoms with Crippen LogP contribution in [0.1, 0.15) is 20.3 Å². The number of ether oxygens (including phenoxy) is 3. The number of aliphatic hydroxyl groups excluding tert-OH is 1. The van der Waals surface area contributed by atoms with E-state index in [1.165, 1.54) is 0 Å². The fourth-order valence-electron chi connectivity index (χ4n) is 1.18. The molecule has 0 heterocycles. The molecule has 17 heavy (non-hydrogen) atoms. The van der Waals surface area contributed by atoms with Crippen molar-refractivity contribution in [3.8, 4) is 0 Å². The van der Waals surface area contributed by atoms with Gasteiger partial charge in [0.05, 0.1) is 39.6 Å². The van der Waals surface area contributed by atoms with E-state index in [0.717, 1.165) is 13.0 Å². The van der Waals surface area contributed by atoms with Crippen molar-refractivity contribution in [2.24, 2.45) is 0 Å². The predicted octanol–water partition coefficient (Wildman–Crippen LogP) is 0.417. The topological polar surface area (TPSA) is 60.0 Å². The van der Waals surface area contributed by atoms with Crippen LogP contribution in [0.2, 0.25) is 0 Å². The van der Waals surface area contributed by atoms with Crippen LogP contribution in [-0.4, -0.2) is 63.9 Å². The number of methoxy groups -OCH3 is 1. The van der Waals surface area contributed by atoms with E-state index in [2.05, 4.69) is 5.32 Å². The molecule has 1 atom stereocenters. The molecular weight excluding hydrogens is 222 g/mol. The minimum absolute atomic E-state index is 0.142. The van der Waals surface area contributed by atoms with Gasteiger partial charge in [0.1, 0.15) is 0 Å². The van der Waals surface area contributed by atoms with Gasteiger partial charge in [0.15, 0.2) is 0 Å². The molecule has 5 heteroatoms. The summed E-state index contributed by atoms with van der Waals surface area (Å²) in [5.41, 5.74) is -0.196. The van der Waals surface area contributed by atoms with Crippen molar-refractivity contribution in [2.75, 3.05) is 53.3 Å². The first-order valence-electron chi connectivity index (χ1n) is 6.19. The Hall–Kier alpha value is -0.200. The van der Waals surface area contributed by atoms with Gasteiger partial charge in [-0.1, -0.05) is 6.92 Å². The second kappa shape index (κ2) is 10.9. The van der Waals surface area contributed by atoms with Gasteiger partial charge in [-0.25, -0.2) is 0 Å². The van der Waals surface area contributed by atoms with Crippen LogP contribution >= 0.6 is 0 Å². The molecule has 0 aliphatic carbocycles.